The zero-order valence-electron chi connectivity index (χ0n) is 12.7. The third-order valence-electron chi connectivity index (χ3n) is 4.27. The molecule has 1 fully saturated rings. The fraction of sp³-hybridized carbons (Fsp3) is 1.00. The minimum Gasteiger partial charge on any atom is -0.317 e. The van der Waals surface area contributed by atoms with Gasteiger partial charge in [-0.15, -0.1) is 0 Å². The lowest BCUT2D eigenvalue weighted by atomic mass is 10.0. The van der Waals surface area contributed by atoms with Crippen molar-refractivity contribution in [1.82, 2.24) is 9.62 Å². The standard InChI is InChI=1S/C14H30N2O2S/c1-4-13(5-2)11-16(6-3)19(17,18)12-14-7-9-15-10-8-14/h13-15H,4-12H2,1-3H3. The Morgan fingerprint density at radius 2 is 1.74 bits per heavy atom. The summed E-state index contributed by atoms with van der Waals surface area (Å²) in [5.74, 6) is 1.16. The molecule has 0 radical (unpaired) electrons. The van der Waals surface area contributed by atoms with Gasteiger partial charge >= 0.3 is 0 Å². The van der Waals surface area contributed by atoms with Gasteiger partial charge in [0.1, 0.15) is 0 Å². The second kappa shape index (κ2) is 8.22. The number of sulfonamides is 1. The largest absolute Gasteiger partial charge is 0.317 e. The van der Waals surface area contributed by atoms with Crippen molar-refractivity contribution < 1.29 is 8.42 Å². The molecule has 0 unspecified atom stereocenters. The molecule has 4 nitrogen and oxygen atoms in total. The predicted molar refractivity (Wildman–Crippen MR) is 80.7 cm³/mol. The Morgan fingerprint density at radius 1 is 1.16 bits per heavy atom. The number of hydrogen-bond donors (Lipinski definition) is 1. The molecule has 1 aliphatic heterocycles. The topological polar surface area (TPSA) is 49.4 Å². The molecule has 1 saturated heterocycles. The molecule has 1 heterocycles. The quantitative estimate of drug-likeness (QED) is 0.744. The van der Waals surface area contributed by atoms with Gasteiger partial charge in [0.25, 0.3) is 0 Å². The molecule has 0 spiro atoms. The van der Waals surface area contributed by atoms with Crippen LogP contribution in [0.3, 0.4) is 0 Å². The maximum atomic E-state index is 12.5. The van der Waals surface area contributed by atoms with Gasteiger partial charge in [0.05, 0.1) is 5.75 Å². The van der Waals surface area contributed by atoms with Crippen LogP contribution < -0.4 is 5.32 Å². The van der Waals surface area contributed by atoms with Crippen molar-refractivity contribution in [2.45, 2.75) is 46.5 Å². The molecule has 5 heteroatoms. The Balaban J connectivity index is 2.60. The lowest BCUT2D eigenvalue weighted by molar-refractivity contribution is 0.331. The highest BCUT2D eigenvalue weighted by Crippen LogP contribution is 2.19. The summed E-state index contributed by atoms with van der Waals surface area (Å²) >= 11 is 0. The fourth-order valence-corrected chi connectivity index (χ4v) is 4.70. The Labute approximate surface area is 119 Å². The zero-order valence-corrected chi connectivity index (χ0v) is 13.5. The van der Waals surface area contributed by atoms with E-state index in [1.54, 1.807) is 4.31 Å². The molecule has 0 aromatic carbocycles. The maximum absolute atomic E-state index is 12.5. The van der Waals surface area contributed by atoms with Crippen molar-refractivity contribution in [3.8, 4) is 0 Å². The van der Waals surface area contributed by atoms with Gasteiger partial charge in [0.2, 0.25) is 10.0 Å². The summed E-state index contributed by atoms with van der Waals surface area (Å²) in [5, 5.41) is 3.29. The van der Waals surface area contributed by atoms with E-state index in [2.05, 4.69) is 19.2 Å². The van der Waals surface area contributed by atoms with Crippen LogP contribution >= 0.6 is 0 Å². The summed E-state index contributed by atoms with van der Waals surface area (Å²) in [6, 6.07) is 0. The molecule has 0 bridgehead atoms. The first-order valence-corrected chi connectivity index (χ1v) is 9.32. The molecular weight excluding hydrogens is 260 g/mol. The normalized spacial score (nSPS) is 18.4. The van der Waals surface area contributed by atoms with Crippen molar-refractivity contribution in [3.05, 3.63) is 0 Å². The van der Waals surface area contributed by atoms with Crippen LogP contribution in [0.15, 0.2) is 0 Å². The van der Waals surface area contributed by atoms with E-state index in [1.165, 1.54) is 0 Å². The zero-order chi connectivity index (χ0) is 14.3. The van der Waals surface area contributed by atoms with E-state index >= 15 is 0 Å². The van der Waals surface area contributed by atoms with Crippen LogP contribution in [-0.2, 0) is 10.0 Å². The smallest absolute Gasteiger partial charge is 0.214 e. The average molecular weight is 290 g/mol. The summed E-state index contributed by atoms with van der Waals surface area (Å²) in [5.41, 5.74) is 0. The van der Waals surface area contributed by atoms with Crippen molar-refractivity contribution in [2.24, 2.45) is 11.8 Å². The van der Waals surface area contributed by atoms with Gasteiger partial charge in [0, 0.05) is 13.1 Å². The molecule has 0 amide bonds. The summed E-state index contributed by atoms with van der Waals surface area (Å²) in [6.45, 7) is 9.43. The van der Waals surface area contributed by atoms with Crippen LogP contribution in [0.4, 0.5) is 0 Å². The van der Waals surface area contributed by atoms with Crippen LogP contribution in [0.2, 0.25) is 0 Å². The highest BCUT2D eigenvalue weighted by molar-refractivity contribution is 7.89. The molecule has 0 atom stereocenters. The third-order valence-corrected chi connectivity index (χ3v) is 6.35. The van der Waals surface area contributed by atoms with Gasteiger partial charge in [0.15, 0.2) is 0 Å². The molecule has 0 aromatic rings. The van der Waals surface area contributed by atoms with E-state index in [0.29, 0.717) is 30.7 Å². The Morgan fingerprint density at radius 3 is 2.21 bits per heavy atom. The lowest BCUT2D eigenvalue weighted by Gasteiger charge is -2.28. The number of nitrogens with zero attached hydrogens (tertiary/aromatic N) is 1. The van der Waals surface area contributed by atoms with E-state index in [1.807, 2.05) is 6.92 Å². The summed E-state index contributed by atoms with van der Waals surface area (Å²) < 4.78 is 26.7. The first kappa shape index (κ1) is 16.9. The van der Waals surface area contributed by atoms with Gasteiger partial charge < -0.3 is 5.32 Å². The molecule has 1 N–H and O–H groups in total. The second-order valence-electron chi connectivity index (χ2n) is 5.61. The molecular formula is C14H30N2O2S. The van der Waals surface area contributed by atoms with Crippen LogP contribution in [-0.4, -0.2) is 44.7 Å². The molecule has 0 aromatic heterocycles. The number of hydrogen-bond acceptors (Lipinski definition) is 3. The Kier molecular flexibility index (Phi) is 7.32. The van der Waals surface area contributed by atoms with Gasteiger partial charge in [-0.1, -0.05) is 33.6 Å². The SMILES string of the molecule is CCC(CC)CN(CC)S(=O)(=O)CC1CCNCC1. The molecule has 19 heavy (non-hydrogen) atoms. The van der Waals surface area contributed by atoms with E-state index in [9.17, 15) is 8.42 Å². The van der Waals surface area contributed by atoms with Crippen molar-refractivity contribution in [3.63, 3.8) is 0 Å². The van der Waals surface area contributed by atoms with E-state index < -0.39 is 10.0 Å². The molecule has 0 aliphatic carbocycles. The number of nitrogens with one attached hydrogen (secondary N) is 1. The third kappa shape index (κ3) is 5.40. The average Bonchev–Trinajstić information content (AvgIpc) is 2.40. The van der Waals surface area contributed by atoms with Gasteiger partial charge in [-0.3, -0.25) is 0 Å². The molecule has 1 rings (SSSR count). The second-order valence-corrected chi connectivity index (χ2v) is 7.62. The molecule has 1 aliphatic rings. The van der Waals surface area contributed by atoms with E-state index in [4.69, 9.17) is 0 Å². The van der Waals surface area contributed by atoms with Crippen molar-refractivity contribution in [2.75, 3.05) is 31.9 Å². The minimum absolute atomic E-state index is 0.335. The van der Waals surface area contributed by atoms with Crippen molar-refractivity contribution in [1.29, 1.82) is 0 Å². The highest BCUT2D eigenvalue weighted by atomic mass is 32.2. The number of rotatable bonds is 8. The highest BCUT2D eigenvalue weighted by Gasteiger charge is 2.27. The van der Waals surface area contributed by atoms with Crippen LogP contribution in [0.1, 0.15) is 46.5 Å². The fourth-order valence-electron chi connectivity index (χ4n) is 2.73. The Bertz CT molecular complexity index is 333. The predicted octanol–water partition coefficient (Wildman–Crippen LogP) is 2.07. The van der Waals surface area contributed by atoms with Crippen LogP contribution in [0.5, 0.6) is 0 Å². The van der Waals surface area contributed by atoms with Crippen LogP contribution in [0.25, 0.3) is 0 Å². The first-order valence-electron chi connectivity index (χ1n) is 7.71. The van der Waals surface area contributed by atoms with E-state index in [-0.39, 0.29) is 0 Å². The summed E-state index contributed by atoms with van der Waals surface area (Å²) in [4.78, 5) is 0. The lowest BCUT2D eigenvalue weighted by Crippen LogP contribution is -2.40. The van der Waals surface area contributed by atoms with Crippen molar-refractivity contribution >= 4 is 10.0 Å². The number of piperidine rings is 1. The summed E-state index contributed by atoms with van der Waals surface area (Å²) in [6.07, 6.45) is 4.08. The van der Waals surface area contributed by atoms with Gasteiger partial charge in [-0.2, -0.15) is 0 Å². The van der Waals surface area contributed by atoms with Gasteiger partial charge in [-0.05, 0) is 37.8 Å². The molecule has 114 valence electrons. The van der Waals surface area contributed by atoms with Crippen LogP contribution in [0, 0.1) is 11.8 Å². The monoisotopic (exact) mass is 290 g/mol. The Hall–Kier alpha value is -0.130. The van der Waals surface area contributed by atoms with E-state index in [0.717, 1.165) is 38.8 Å². The maximum Gasteiger partial charge on any atom is 0.214 e. The minimum atomic E-state index is -3.08. The summed E-state index contributed by atoms with van der Waals surface area (Å²) in [7, 11) is -3.08. The molecule has 0 saturated carbocycles. The first-order chi connectivity index (χ1) is 9.03. The van der Waals surface area contributed by atoms with Gasteiger partial charge in [-0.25, -0.2) is 12.7 Å².